The van der Waals surface area contributed by atoms with Crippen LogP contribution >= 0.6 is 24.8 Å². The summed E-state index contributed by atoms with van der Waals surface area (Å²) in [6.07, 6.45) is 1.45. The zero-order valence-electron chi connectivity index (χ0n) is 8.07. The first-order valence-electron chi connectivity index (χ1n) is 3.82. The summed E-state index contributed by atoms with van der Waals surface area (Å²) < 4.78 is 0. The van der Waals surface area contributed by atoms with Crippen molar-refractivity contribution in [3.8, 4) is 0 Å². The van der Waals surface area contributed by atoms with E-state index in [0.717, 1.165) is 0 Å². The van der Waals surface area contributed by atoms with Gasteiger partial charge in [-0.25, -0.2) is 0 Å². The third kappa shape index (κ3) is 4.83. The lowest BCUT2D eigenvalue weighted by atomic mass is 10.2. The number of anilines is 1. The van der Waals surface area contributed by atoms with Gasteiger partial charge in [0.15, 0.2) is 0 Å². The summed E-state index contributed by atoms with van der Waals surface area (Å²) in [5.74, 6) is -0.282. The Bertz CT molecular complexity index is 378. The van der Waals surface area contributed by atoms with Gasteiger partial charge in [-0.2, -0.15) is 0 Å². The Morgan fingerprint density at radius 2 is 2.13 bits per heavy atom. The number of amides is 1. The molecule has 0 fully saturated rings. The number of carbonyl (C=O) groups excluding carboxylic acids is 1. The van der Waals surface area contributed by atoms with E-state index in [4.69, 9.17) is 5.73 Å². The molecule has 1 amide bonds. The van der Waals surface area contributed by atoms with Gasteiger partial charge in [-0.3, -0.25) is 9.59 Å². The molecular formula is C8H13Cl2N3O2. The van der Waals surface area contributed by atoms with Gasteiger partial charge in [0.2, 0.25) is 11.5 Å². The van der Waals surface area contributed by atoms with E-state index >= 15 is 0 Å². The van der Waals surface area contributed by atoms with Crippen molar-refractivity contribution in [3.63, 3.8) is 0 Å². The van der Waals surface area contributed by atoms with E-state index in [-0.39, 0.29) is 42.8 Å². The van der Waals surface area contributed by atoms with Crippen LogP contribution in [0.3, 0.4) is 0 Å². The first-order valence-corrected chi connectivity index (χ1v) is 3.82. The van der Waals surface area contributed by atoms with Crippen molar-refractivity contribution >= 4 is 36.4 Å². The van der Waals surface area contributed by atoms with Gasteiger partial charge in [-0.05, 0) is 12.5 Å². The highest BCUT2D eigenvalue weighted by Gasteiger charge is 2.01. The van der Waals surface area contributed by atoms with Crippen LogP contribution in [0, 0.1) is 6.92 Å². The molecule has 0 spiro atoms. The average molecular weight is 254 g/mol. The molecule has 5 nitrogen and oxygen atoms in total. The lowest BCUT2D eigenvalue weighted by Gasteiger charge is -2.05. The Labute approximate surface area is 99.3 Å². The number of aromatic amines is 1. The monoisotopic (exact) mass is 253 g/mol. The minimum absolute atomic E-state index is 0. The summed E-state index contributed by atoms with van der Waals surface area (Å²) in [4.78, 5) is 24.2. The Morgan fingerprint density at radius 3 is 2.60 bits per heavy atom. The van der Waals surface area contributed by atoms with Gasteiger partial charge in [-0.1, -0.05) is 0 Å². The summed E-state index contributed by atoms with van der Waals surface area (Å²) in [6.45, 7) is 1.67. The minimum atomic E-state index is -0.282. The van der Waals surface area contributed by atoms with Crippen LogP contribution < -0.4 is 16.6 Å². The highest BCUT2D eigenvalue weighted by molar-refractivity contribution is 5.92. The molecule has 86 valence electrons. The second-order valence-corrected chi connectivity index (χ2v) is 2.65. The number of nitrogens with one attached hydrogen (secondary N) is 2. The second-order valence-electron chi connectivity index (χ2n) is 2.65. The fraction of sp³-hybridized carbons (Fsp3) is 0.250. The van der Waals surface area contributed by atoms with Gasteiger partial charge in [0.25, 0.3) is 0 Å². The third-order valence-electron chi connectivity index (χ3n) is 1.59. The van der Waals surface area contributed by atoms with Gasteiger partial charge in [-0.15, -0.1) is 24.8 Å². The number of aromatic nitrogens is 1. The number of hydrogen-bond donors (Lipinski definition) is 3. The Balaban J connectivity index is 0. The second kappa shape index (κ2) is 7.28. The molecule has 0 bridgehead atoms. The van der Waals surface area contributed by atoms with Crippen LogP contribution in [0.1, 0.15) is 5.56 Å². The van der Waals surface area contributed by atoms with Gasteiger partial charge in [0.1, 0.15) is 0 Å². The Morgan fingerprint density at radius 1 is 1.53 bits per heavy atom. The number of carbonyl (C=O) groups is 1. The molecule has 1 rings (SSSR count). The van der Waals surface area contributed by atoms with Gasteiger partial charge in [0.05, 0.1) is 12.2 Å². The number of halogens is 2. The average Bonchev–Trinajstić information content (AvgIpc) is 2.09. The van der Waals surface area contributed by atoms with Crippen molar-refractivity contribution in [2.45, 2.75) is 6.92 Å². The maximum atomic E-state index is 10.9. The summed E-state index contributed by atoms with van der Waals surface area (Å²) in [5.41, 5.74) is 6.22. The topological polar surface area (TPSA) is 88.0 Å². The zero-order valence-corrected chi connectivity index (χ0v) is 9.71. The fourth-order valence-corrected chi connectivity index (χ4v) is 0.909. The molecule has 1 aromatic rings. The fourth-order valence-electron chi connectivity index (χ4n) is 0.909. The van der Waals surface area contributed by atoms with Crippen LogP contribution in [0.5, 0.6) is 0 Å². The first kappa shape index (κ1) is 16.4. The minimum Gasteiger partial charge on any atom is -0.327 e. The van der Waals surface area contributed by atoms with E-state index < -0.39 is 0 Å². The van der Waals surface area contributed by atoms with Crippen molar-refractivity contribution in [1.82, 2.24) is 4.98 Å². The zero-order chi connectivity index (χ0) is 9.84. The number of aryl methyl sites for hydroxylation is 1. The predicted octanol–water partition coefficient (Wildman–Crippen LogP) is 0.424. The van der Waals surface area contributed by atoms with Crippen LogP contribution in [0.15, 0.2) is 17.1 Å². The number of nitrogens with two attached hydrogens (primary N) is 1. The molecule has 0 saturated carbocycles. The summed E-state index contributed by atoms with van der Waals surface area (Å²) in [6, 6.07) is 1.41. The maximum absolute atomic E-state index is 10.9. The molecule has 0 atom stereocenters. The normalized spacial score (nSPS) is 8.40. The summed E-state index contributed by atoms with van der Waals surface area (Å²) in [7, 11) is 0. The van der Waals surface area contributed by atoms with Crippen LogP contribution in [0.2, 0.25) is 0 Å². The van der Waals surface area contributed by atoms with Gasteiger partial charge >= 0.3 is 0 Å². The van der Waals surface area contributed by atoms with Crippen molar-refractivity contribution < 1.29 is 4.79 Å². The predicted molar refractivity (Wildman–Crippen MR) is 64.0 cm³/mol. The molecule has 0 saturated heterocycles. The quantitative estimate of drug-likeness (QED) is 0.714. The number of pyridine rings is 1. The first-order chi connectivity index (χ1) is 6.13. The van der Waals surface area contributed by atoms with Gasteiger partial charge in [0, 0.05) is 12.3 Å². The van der Waals surface area contributed by atoms with E-state index in [1.807, 2.05) is 0 Å². The van der Waals surface area contributed by atoms with Crippen molar-refractivity contribution in [3.05, 3.63) is 28.2 Å². The van der Waals surface area contributed by atoms with Crippen LogP contribution in [-0.4, -0.2) is 17.4 Å². The van der Waals surface area contributed by atoms with E-state index in [2.05, 4.69) is 10.3 Å². The van der Waals surface area contributed by atoms with E-state index in [1.165, 1.54) is 12.3 Å². The molecule has 0 unspecified atom stereocenters. The van der Waals surface area contributed by atoms with Gasteiger partial charge < -0.3 is 16.0 Å². The summed E-state index contributed by atoms with van der Waals surface area (Å²) >= 11 is 0. The van der Waals surface area contributed by atoms with Crippen LogP contribution in [0.4, 0.5) is 5.69 Å². The standard InChI is InChI=1S/C8H11N3O2.2ClH/c1-5-2-7(12)10-4-6(5)11-8(13)3-9;;/h2,4H,3,9H2,1H3,(H,10,12)(H,11,13);2*1H. The molecule has 4 N–H and O–H groups in total. The SMILES string of the molecule is Cc1cc(=O)[nH]cc1NC(=O)CN.Cl.Cl. The number of rotatable bonds is 2. The summed E-state index contributed by atoms with van der Waals surface area (Å²) in [5, 5.41) is 2.55. The van der Waals surface area contributed by atoms with E-state index in [0.29, 0.717) is 11.3 Å². The molecule has 15 heavy (non-hydrogen) atoms. The highest BCUT2D eigenvalue weighted by atomic mass is 35.5. The molecule has 7 heteroatoms. The molecule has 1 aromatic heterocycles. The molecular weight excluding hydrogens is 241 g/mol. The van der Waals surface area contributed by atoms with Crippen molar-refractivity contribution in [1.29, 1.82) is 0 Å². The number of H-pyrrole nitrogens is 1. The Kier molecular flexibility index (Phi) is 7.95. The molecule has 0 radical (unpaired) electrons. The van der Waals surface area contributed by atoms with Crippen molar-refractivity contribution in [2.75, 3.05) is 11.9 Å². The maximum Gasteiger partial charge on any atom is 0.248 e. The molecule has 0 aromatic carbocycles. The lowest BCUT2D eigenvalue weighted by Crippen LogP contribution is -2.23. The van der Waals surface area contributed by atoms with Crippen molar-refractivity contribution in [2.24, 2.45) is 5.73 Å². The molecule has 1 heterocycles. The highest BCUT2D eigenvalue weighted by Crippen LogP contribution is 2.08. The lowest BCUT2D eigenvalue weighted by molar-refractivity contribution is -0.114. The van der Waals surface area contributed by atoms with E-state index in [1.54, 1.807) is 6.92 Å². The van der Waals surface area contributed by atoms with Crippen LogP contribution in [0.25, 0.3) is 0 Å². The third-order valence-corrected chi connectivity index (χ3v) is 1.59. The smallest absolute Gasteiger partial charge is 0.248 e. The van der Waals surface area contributed by atoms with E-state index in [9.17, 15) is 9.59 Å². The molecule has 0 aliphatic heterocycles. The Hall–Kier alpha value is -1.04. The largest absolute Gasteiger partial charge is 0.327 e. The molecule has 0 aliphatic carbocycles. The van der Waals surface area contributed by atoms with Crippen LogP contribution in [-0.2, 0) is 4.79 Å². The molecule has 0 aliphatic rings. The number of hydrogen-bond acceptors (Lipinski definition) is 3.